The molecular weight excluding hydrogens is 566 g/mol. The number of aromatic nitrogens is 3. The molecule has 0 bridgehead atoms. The predicted molar refractivity (Wildman–Crippen MR) is 147 cm³/mol. The van der Waals surface area contributed by atoms with Gasteiger partial charge in [-0.3, -0.25) is 5.32 Å². The minimum absolute atomic E-state index is 0.347. The highest BCUT2D eigenvalue weighted by atomic mass is 79.9. The molecule has 11 heteroatoms. The number of nitrogens with zero attached hydrogens (tertiary/aromatic N) is 3. The summed E-state index contributed by atoms with van der Waals surface area (Å²) in [6.07, 6.45) is 1.03. The number of nitrogens with one attached hydrogen (secondary N) is 2. The molecule has 0 saturated carbocycles. The van der Waals surface area contributed by atoms with Crippen molar-refractivity contribution in [2.24, 2.45) is 0 Å². The summed E-state index contributed by atoms with van der Waals surface area (Å²) in [6.45, 7) is 5.40. The van der Waals surface area contributed by atoms with Gasteiger partial charge in [0.2, 0.25) is 5.13 Å². The van der Waals surface area contributed by atoms with Crippen LogP contribution in [0.5, 0.6) is 5.75 Å². The molecule has 0 saturated heterocycles. The molecule has 0 aliphatic carbocycles. The van der Waals surface area contributed by atoms with Crippen LogP contribution in [-0.4, -0.2) is 34.0 Å². The average Bonchev–Trinajstić information content (AvgIpc) is 3.27. The lowest BCUT2D eigenvalue weighted by molar-refractivity contribution is 0.0635. The van der Waals surface area contributed by atoms with E-state index in [0.717, 1.165) is 26.9 Å². The van der Waals surface area contributed by atoms with Crippen molar-refractivity contribution in [3.8, 4) is 27.4 Å². The number of hydrogen-bond donors (Lipinski definition) is 2. The molecule has 4 aromatic rings. The van der Waals surface area contributed by atoms with Gasteiger partial charge in [-0.15, -0.1) is 10.2 Å². The maximum atomic E-state index is 12.3. The van der Waals surface area contributed by atoms with E-state index in [4.69, 9.17) is 21.1 Å². The Morgan fingerprint density at radius 3 is 2.53 bits per heavy atom. The quantitative estimate of drug-likeness (QED) is 0.237. The second-order valence-corrected chi connectivity index (χ2v) is 11.0. The summed E-state index contributed by atoms with van der Waals surface area (Å²) in [6, 6.07) is 14.8. The van der Waals surface area contributed by atoms with Crippen LogP contribution in [0.25, 0.3) is 21.7 Å². The third kappa shape index (κ3) is 6.51. The molecule has 2 heterocycles. The van der Waals surface area contributed by atoms with E-state index in [1.165, 1.54) is 11.3 Å². The Bertz CT molecular complexity index is 1390. The van der Waals surface area contributed by atoms with Gasteiger partial charge >= 0.3 is 6.09 Å². The van der Waals surface area contributed by atoms with E-state index in [9.17, 15) is 4.79 Å². The van der Waals surface area contributed by atoms with E-state index < -0.39 is 11.7 Å². The van der Waals surface area contributed by atoms with Crippen molar-refractivity contribution in [2.45, 2.75) is 26.4 Å². The number of pyridine rings is 1. The Balaban J connectivity index is 1.70. The Hall–Kier alpha value is -3.21. The van der Waals surface area contributed by atoms with Crippen LogP contribution in [-0.2, 0) is 4.74 Å². The number of ether oxygens (including phenoxy) is 2. The van der Waals surface area contributed by atoms with Crippen LogP contribution in [0.15, 0.2) is 59.2 Å². The van der Waals surface area contributed by atoms with Gasteiger partial charge in [-0.25, -0.2) is 9.78 Å². The van der Waals surface area contributed by atoms with Crippen LogP contribution >= 0.6 is 38.9 Å². The second kappa shape index (κ2) is 10.8. The normalized spacial score (nSPS) is 11.2. The van der Waals surface area contributed by atoms with Gasteiger partial charge in [0.05, 0.1) is 7.11 Å². The summed E-state index contributed by atoms with van der Waals surface area (Å²) in [5, 5.41) is 16.6. The zero-order chi connectivity index (χ0) is 25.9. The fraction of sp³-hybridized carbons (Fsp3) is 0.200. The SMILES string of the molecule is COc1cc(Br)cc(-c2nnc(Nc3ccc(Cl)cc3)s2)c1-c1ccnc(NC(=O)OC(C)(C)C)c1. The third-order valence-electron chi connectivity index (χ3n) is 4.72. The van der Waals surface area contributed by atoms with Crippen molar-refractivity contribution in [2.75, 3.05) is 17.7 Å². The van der Waals surface area contributed by atoms with Crippen LogP contribution in [0.1, 0.15) is 20.8 Å². The van der Waals surface area contributed by atoms with Gasteiger partial charge < -0.3 is 14.8 Å². The number of anilines is 3. The number of rotatable bonds is 6. The van der Waals surface area contributed by atoms with Gasteiger partial charge in [0.15, 0.2) is 0 Å². The zero-order valence-corrected chi connectivity index (χ0v) is 23.1. The number of amides is 1. The summed E-state index contributed by atoms with van der Waals surface area (Å²) >= 11 is 10.9. The first-order chi connectivity index (χ1) is 17.1. The van der Waals surface area contributed by atoms with Crippen molar-refractivity contribution >= 4 is 61.6 Å². The number of benzene rings is 2. The maximum absolute atomic E-state index is 12.3. The topological polar surface area (TPSA) is 98.3 Å². The number of carbonyl (C=O) groups is 1. The van der Waals surface area contributed by atoms with Crippen LogP contribution in [0.3, 0.4) is 0 Å². The zero-order valence-electron chi connectivity index (χ0n) is 19.9. The number of halogens is 2. The molecule has 2 aromatic heterocycles. The minimum Gasteiger partial charge on any atom is -0.496 e. The fourth-order valence-electron chi connectivity index (χ4n) is 3.31. The third-order valence-corrected chi connectivity index (χ3v) is 6.30. The molecular formula is C25H23BrClN5O3S. The molecule has 0 spiro atoms. The first-order valence-electron chi connectivity index (χ1n) is 10.8. The number of methoxy groups -OCH3 is 1. The number of carbonyl (C=O) groups excluding carboxylic acids is 1. The van der Waals surface area contributed by atoms with E-state index in [0.29, 0.717) is 26.7 Å². The minimum atomic E-state index is -0.626. The summed E-state index contributed by atoms with van der Waals surface area (Å²) in [5.74, 6) is 0.969. The van der Waals surface area contributed by atoms with E-state index in [-0.39, 0.29) is 0 Å². The molecule has 0 unspecified atom stereocenters. The first-order valence-corrected chi connectivity index (χ1v) is 12.8. The largest absolute Gasteiger partial charge is 0.496 e. The van der Waals surface area contributed by atoms with Crippen molar-refractivity contribution in [1.82, 2.24) is 15.2 Å². The van der Waals surface area contributed by atoms with Crippen LogP contribution < -0.4 is 15.4 Å². The Morgan fingerprint density at radius 1 is 1.08 bits per heavy atom. The molecule has 4 rings (SSSR count). The summed E-state index contributed by atoms with van der Waals surface area (Å²) < 4.78 is 11.9. The van der Waals surface area contributed by atoms with E-state index >= 15 is 0 Å². The molecule has 2 N–H and O–H groups in total. The van der Waals surface area contributed by atoms with Gasteiger partial charge in [0, 0.05) is 32.5 Å². The maximum Gasteiger partial charge on any atom is 0.413 e. The lowest BCUT2D eigenvalue weighted by Crippen LogP contribution is -2.27. The molecule has 0 aliphatic rings. The highest BCUT2D eigenvalue weighted by molar-refractivity contribution is 9.10. The smallest absolute Gasteiger partial charge is 0.413 e. The molecule has 0 atom stereocenters. The summed E-state index contributed by atoms with van der Waals surface area (Å²) in [7, 11) is 1.60. The monoisotopic (exact) mass is 587 g/mol. The predicted octanol–water partition coefficient (Wildman–Crippen LogP) is 7.78. The Morgan fingerprint density at radius 2 is 1.83 bits per heavy atom. The molecule has 0 aliphatic heterocycles. The van der Waals surface area contributed by atoms with Gasteiger partial charge in [-0.05, 0) is 74.9 Å². The molecule has 0 fully saturated rings. The van der Waals surface area contributed by atoms with Gasteiger partial charge in [0.1, 0.15) is 22.2 Å². The molecule has 1 amide bonds. The summed E-state index contributed by atoms with van der Waals surface area (Å²) in [4.78, 5) is 16.5. The molecule has 36 heavy (non-hydrogen) atoms. The van der Waals surface area contributed by atoms with Crippen molar-refractivity contribution in [3.05, 3.63) is 64.2 Å². The first kappa shape index (κ1) is 25.9. The highest BCUT2D eigenvalue weighted by Crippen LogP contribution is 2.43. The molecule has 8 nitrogen and oxygen atoms in total. The molecule has 2 aromatic carbocycles. The van der Waals surface area contributed by atoms with Crippen LogP contribution in [0.4, 0.5) is 21.4 Å². The van der Waals surface area contributed by atoms with Crippen molar-refractivity contribution < 1.29 is 14.3 Å². The van der Waals surface area contributed by atoms with E-state index in [1.54, 1.807) is 52.3 Å². The second-order valence-electron chi connectivity index (χ2n) is 8.63. The number of hydrogen-bond acceptors (Lipinski definition) is 8. The van der Waals surface area contributed by atoms with E-state index in [2.05, 4.69) is 41.7 Å². The lowest BCUT2D eigenvalue weighted by atomic mass is 9.99. The Kier molecular flexibility index (Phi) is 7.77. The van der Waals surface area contributed by atoms with Gasteiger partial charge in [0.25, 0.3) is 0 Å². The van der Waals surface area contributed by atoms with Gasteiger partial charge in [-0.2, -0.15) is 0 Å². The van der Waals surface area contributed by atoms with Crippen molar-refractivity contribution in [1.29, 1.82) is 0 Å². The lowest BCUT2D eigenvalue weighted by Gasteiger charge is -2.19. The fourth-order valence-corrected chi connectivity index (χ4v) is 4.66. The van der Waals surface area contributed by atoms with Crippen LogP contribution in [0, 0.1) is 0 Å². The van der Waals surface area contributed by atoms with E-state index in [1.807, 2.05) is 30.3 Å². The van der Waals surface area contributed by atoms with Gasteiger partial charge in [-0.1, -0.05) is 38.9 Å². The highest BCUT2D eigenvalue weighted by Gasteiger charge is 2.20. The van der Waals surface area contributed by atoms with Crippen molar-refractivity contribution in [3.63, 3.8) is 0 Å². The molecule has 0 radical (unpaired) electrons. The summed E-state index contributed by atoms with van der Waals surface area (Å²) in [5.41, 5.74) is 2.58. The Labute approximate surface area is 226 Å². The van der Waals surface area contributed by atoms with Crippen LogP contribution in [0.2, 0.25) is 5.02 Å². The standard InChI is InChI=1S/C25H23BrClN5O3S/c1-25(2,3)35-24(33)30-20-11-14(9-10-28-20)21-18(12-15(26)13-19(21)34-4)22-31-32-23(36-22)29-17-7-5-16(27)6-8-17/h5-13H,1-4H3,(H,29,32)(H,28,30,33). The average molecular weight is 589 g/mol. The molecule has 186 valence electrons.